The molecule has 0 N–H and O–H groups in total. The lowest BCUT2D eigenvalue weighted by atomic mass is 9.93. The predicted octanol–water partition coefficient (Wildman–Crippen LogP) is 2.00. The lowest BCUT2D eigenvalue weighted by Crippen LogP contribution is -2.39. The first-order chi connectivity index (χ1) is 15.2. The molecule has 31 heavy (non-hydrogen) atoms. The maximum atomic E-state index is 12.8. The van der Waals surface area contributed by atoms with Gasteiger partial charge in [-0.05, 0) is 63.9 Å². The number of fused-ring (bicyclic) bond motifs is 3. The van der Waals surface area contributed by atoms with E-state index in [1.165, 1.54) is 25.8 Å². The molecule has 4 heterocycles. The SMILES string of the molecule is CCn1c(=O)c2ccccc2n2c(CN3CCC(CCN4CCOCC4)CC3)nnc12. The average Bonchev–Trinajstić information content (AvgIpc) is 3.23. The molecule has 5 rings (SSSR count). The van der Waals surface area contributed by atoms with E-state index in [-0.39, 0.29) is 5.56 Å². The van der Waals surface area contributed by atoms with Gasteiger partial charge in [-0.15, -0.1) is 10.2 Å². The molecular formula is C23H32N6O2. The number of para-hydroxylation sites is 1. The Morgan fingerprint density at radius 1 is 1.03 bits per heavy atom. The lowest BCUT2D eigenvalue weighted by molar-refractivity contribution is 0.0334. The van der Waals surface area contributed by atoms with Crippen LogP contribution in [0.1, 0.15) is 32.0 Å². The van der Waals surface area contributed by atoms with E-state index in [0.717, 1.165) is 68.6 Å². The van der Waals surface area contributed by atoms with E-state index in [2.05, 4.69) is 24.4 Å². The van der Waals surface area contributed by atoms with Crippen LogP contribution in [0, 0.1) is 5.92 Å². The van der Waals surface area contributed by atoms with Gasteiger partial charge in [0, 0.05) is 19.6 Å². The van der Waals surface area contributed by atoms with E-state index in [9.17, 15) is 4.79 Å². The fourth-order valence-corrected chi connectivity index (χ4v) is 5.02. The number of hydrogen-bond acceptors (Lipinski definition) is 6. The van der Waals surface area contributed by atoms with Crippen LogP contribution in [0.5, 0.6) is 0 Å². The summed E-state index contributed by atoms with van der Waals surface area (Å²) in [4.78, 5) is 17.9. The van der Waals surface area contributed by atoms with Gasteiger partial charge in [-0.25, -0.2) is 0 Å². The molecule has 1 aromatic carbocycles. The van der Waals surface area contributed by atoms with Crippen molar-refractivity contribution in [3.63, 3.8) is 0 Å². The maximum Gasteiger partial charge on any atom is 0.262 e. The maximum absolute atomic E-state index is 12.8. The summed E-state index contributed by atoms with van der Waals surface area (Å²) < 4.78 is 9.25. The van der Waals surface area contributed by atoms with Crippen molar-refractivity contribution in [3.8, 4) is 0 Å². The van der Waals surface area contributed by atoms with Crippen LogP contribution in [0.25, 0.3) is 16.7 Å². The molecule has 2 aliphatic rings. The summed E-state index contributed by atoms with van der Waals surface area (Å²) in [6.45, 7) is 10.6. The third-order valence-corrected chi connectivity index (χ3v) is 6.92. The van der Waals surface area contributed by atoms with Crippen LogP contribution in [0.15, 0.2) is 29.1 Å². The number of benzene rings is 1. The van der Waals surface area contributed by atoms with Gasteiger partial charge in [-0.1, -0.05) is 12.1 Å². The van der Waals surface area contributed by atoms with Crippen molar-refractivity contribution >= 4 is 16.7 Å². The van der Waals surface area contributed by atoms with Gasteiger partial charge >= 0.3 is 0 Å². The standard InChI is InChI=1S/C23H32N6O2/c1-2-28-22(30)19-5-3-4-6-20(19)29-21(24-25-23(28)29)17-27-11-8-18(9-12-27)7-10-26-13-15-31-16-14-26/h3-6,18H,2,7-17H2,1H3. The third-order valence-electron chi connectivity index (χ3n) is 6.92. The van der Waals surface area contributed by atoms with Crippen LogP contribution in [0.2, 0.25) is 0 Å². The highest BCUT2D eigenvalue weighted by Crippen LogP contribution is 2.23. The smallest absolute Gasteiger partial charge is 0.262 e. The van der Waals surface area contributed by atoms with Crippen molar-refractivity contribution in [1.29, 1.82) is 0 Å². The van der Waals surface area contributed by atoms with Gasteiger partial charge in [0.05, 0.1) is 30.7 Å². The minimum absolute atomic E-state index is 0.00522. The number of hydrogen-bond donors (Lipinski definition) is 0. The van der Waals surface area contributed by atoms with Gasteiger partial charge in [-0.3, -0.25) is 23.6 Å². The average molecular weight is 425 g/mol. The summed E-state index contributed by atoms with van der Waals surface area (Å²) >= 11 is 0. The zero-order chi connectivity index (χ0) is 21.2. The third kappa shape index (κ3) is 4.12. The van der Waals surface area contributed by atoms with E-state index >= 15 is 0 Å². The Bertz CT molecular complexity index is 1090. The Morgan fingerprint density at radius 3 is 2.58 bits per heavy atom. The lowest BCUT2D eigenvalue weighted by Gasteiger charge is -2.33. The summed E-state index contributed by atoms with van der Waals surface area (Å²) in [6, 6.07) is 7.78. The fraction of sp³-hybridized carbons (Fsp3) is 0.609. The van der Waals surface area contributed by atoms with Gasteiger partial charge < -0.3 is 4.74 Å². The number of aromatic nitrogens is 4. The molecule has 3 aromatic rings. The monoisotopic (exact) mass is 424 g/mol. The van der Waals surface area contributed by atoms with Gasteiger partial charge in [-0.2, -0.15) is 0 Å². The number of nitrogens with zero attached hydrogens (tertiary/aromatic N) is 6. The first-order valence-electron chi connectivity index (χ1n) is 11.6. The number of aryl methyl sites for hydroxylation is 1. The fourth-order valence-electron chi connectivity index (χ4n) is 5.02. The van der Waals surface area contributed by atoms with Crippen LogP contribution < -0.4 is 5.56 Å². The molecule has 0 radical (unpaired) electrons. The van der Waals surface area contributed by atoms with E-state index in [4.69, 9.17) is 4.74 Å². The van der Waals surface area contributed by atoms with Gasteiger partial charge in [0.15, 0.2) is 5.82 Å². The van der Waals surface area contributed by atoms with Crippen molar-refractivity contribution in [1.82, 2.24) is 29.0 Å². The molecule has 0 saturated carbocycles. The van der Waals surface area contributed by atoms with E-state index in [1.54, 1.807) is 4.57 Å². The molecule has 2 aromatic heterocycles. The highest BCUT2D eigenvalue weighted by Gasteiger charge is 2.23. The Kier molecular flexibility index (Phi) is 6.02. The quantitative estimate of drug-likeness (QED) is 0.603. The van der Waals surface area contributed by atoms with Crippen molar-refractivity contribution in [3.05, 3.63) is 40.4 Å². The van der Waals surface area contributed by atoms with Gasteiger partial charge in [0.1, 0.15) is 0 Å². The zero-order valence-electron chi connectivity index (χ0n) is 18.4. The zero-order valence-corrected chi connectivity index (χ0v) is 18.4. The van der Waals surface area contributed by atoms with Crippen LogP contribution in [0.4, 0.5) is 0 Å². The molecule has 0 spiro atoms. The minimum Gasteiger partial charge on any atom is -0.379 e. The summed E-state index contributed by atoms with van der Waals surface area (Å²) in [5.41, 5.74) is 0.901. The van der Waals surface area contributed by atoms with Crippen molar-refractivity contribution in [2.75, 3.05) is 45.9 Å². The second-order valence-corrected chi connectivity index (χ2v) is 8.78. The van der Waals surface area contributed by atoms with E-state index in [0.29, 0.717) is 12.3 Å². The summed E-state index contributed by atoms with van der Waals surface area (Å²) in [5.74, 6) is 2.36. The molecule has 2 aliphatic heterocycles. The number of ether oxygens (including phenoxy) is 1. The Labute approximate surface area is 182 Å². The molecule has 0 bridgehead atoms. The van der Waals surface area contributed by atoms with Gasteiger partial charge in [0.25, 0.3) is 5.56 Å². The van der Waals surface area contributed by atoms with Gasteiger partial charge in [0.2, 0.25) is 5.78 Å². The number of rotatable bonds is 6. The molecule has 8 nitrogen and oxygen atoms in total. The topological polar surface area (TPSA) is 67.9 Å². The summed E-state index contributed by atoms with van der Waals surface area (Å²) in [5, 5.41) is 9.62. The Hall–Kier alpha value is -2.29. The minimum atomic E-state index is 0.00522. The van der Waals surface area contributed by atoms with Crippen molar-refractivity contribution in [2.45, 2.75) is 39.3 Å². The molecule has 0 aliphatic carbocycles. The van der Waals surface area contributed by atoms with Crippen molar-refractivity contribution in [2.24, 2.45) is 5.92 Å². The molecule has 8 heteroatoms. The van der Waals surface area contributed by atoms with E-state index < -0.39 is 0 Å². The highest BCUT2D eigenvalue weighted by atomic mass is 16.5. The van der Waals surface area contributed by atoms with Crippen LogP contribution in [0.3, 0.4) is 0 Å². The first-order valence-corrected chi connectivity index (χ1v) is 11.6. The predicted molar refractivity (Wildman–Crippen MR) is 120 cm³/mol. The Morgan fingerprint density at radius 2 is 1.81 bits per heavy atom. The summed E-state index contributed by atoms with van der Waals surface area (Å²) in [6.07, 6.45) is 3.76. The molecule has 2 fully saturated rings. The first kappa shape index (κ1) is 20.6. The van der Waals surface area contributed by atoms with Crippen LogP contribution >= 0.6 is 0 Å². The molecule has 0 unspecified atom stereocenters. The number of morpholine rings is 1. The van der Waals surface area contributed by atoms with Crippen LogP contribution in [-0.2, 0) is 17.8 Å². The molecule has 0 atom stereocenters. The summed E-state index contributed by atoms with van der Waals surface area (Å²) in [7, 11) is 0. The Balaban J connectivity index is 1.28. The largest absolute Gasteiger partial charge is 0.379 e. The van der Waals surface area contributed by atoms with E-state index in [1.807, 2.05) is 31.2 Å². The highest BCUT2D eigenvalue weighted by molar-refractivity contribution is 5.80. The molecular weight excluding hydrogens is 392 g/mol. The second kappa shape index (κ2) is 9.06. The molecule has 166 valence electrons. The molecule has 2 saturated heterocycles. The second-order valence-electron chi connectivity index (χ2n) is 8.78. The normalized spacial score (nSPS) is 19.5. The van der Waals surface area contributed by atoms with Crippen molar-refractivity contribution < 1.29 is 4.74 Å². The molecule has 0 amide bonds. The number of piperidine rings is 1. The number of likely N-dealkylation sites (tertiary alicyclic amines) is 1. The van der Waals surface area contributed by atoms with Crippen LogP contribution in [-0.4, -0.2) is 74.9 Å².